The van der Waals surface area contributed by atoms with Crippen LogP contribution in [-0.4, -0.2) is 47.7 Å². The summed E-state index contributed by atoms with van der Waals surface area (Å²) >= 11 is 0. The first-order chi connectivity index (χ1) is 19.6. The maximum absolute atomic E-state index is 15.6. The number of carbonyl (C=O) groups is 1. The number of aliphatic carboxylic acids is 1. The van der Waals surface area contributed by atoms with Gasteiger partial charge in [0, 0.05) is 24.5 Å². The van der Waals surface area contributed by atoms with Crippen molar-refractivity contribution in [3.8, 4) is 5.75 Å². The van der Waals surface area contributed by atoms with Gasteiger partial charge in [0.15, 0.2) is 0 Å². The van der Waals surface area contributed by atoms with Crippen molar-refractivity contribution in [2.24, 2.45) is 11.8 Å². The Bertz CT molecular complexity index is 1280. The fourth-order valence-electron chi connectivity index (χ4n) is 5.96. The molecule has 0 saturated carbocycles. The third-order valence-electron chi connectivity index (χ3n) is 8.29. The summed E-state index contributed by atoms with van der Waals surface area (Å²) in [6, 6.07) is 12.5. The zero-order chi connectivity index (χ0) is 29.4. The van der Waals surface area contributed by atoms with Crippen LogP contribution in [0, 0.1) is 11.8 Å². The number of piperidine rings is 1. The average molecular weight is 575 g/mol. The number of alkyl halides is 4. The molecule has 0 amide bonds. The van der Waals surface area contributed by atoms with E-state index in [4.69, 9.17) is 4.74 Å². The molecule has 5 nitrogen and oxygen atoms in total. The van der Waals surface area contributed by atoms with Gasteiger partial charge >= 0.3 is 12.1 Å². The summed E-state index contributed by atoms with van der Waals surface area (Å²) in [5.74, 6) is 0.257. The molecule has 9 heteroatoms. The number of hydrogen-bond acceptors (Lipinski definition) is 4. The number of aryl methyl sites for hydroxylation is 1. The normalized spacial score (nSPS) is 18.9. The Kier molecular flexibility index (Phi) is 10.6. The quantitative estimate of drug-likeness (QED) is 0.166. The molecule has 0 bridgehead atoms. The zero-order valence-electron chi connectivity index (χ0n) is 23.4. The van der Waals surface area contributed by atoms with Gasteiger partial charge < -0.3 is 14.7 Å². The van der Waals surface area contributed by atoms with Crippen molar-refractivity contribution in [2.45, 2.75) is 63.7 Å². The topological polar surface area (TPSA) is 62.7 Å². The maximum atomic E-state index is 15.6. The molecular formula is C32H38F4N2O3. The number of methoxy groups -OCH3 is 1. The predicted octanol–water partition coefficient (Wildman–Crippen LogP) is 7.88. The number of likely N-dealkylation sites (tertiary alicyclic amines) is 1. The molecule has 0 spiro atoms. The molecule has 1 saturated heterocycles. The van der Waals surface area contributed by atoms with Gasteiger partial charge in [-0.05, 0) is 117 Å². The Morgan fingerprint density at radius 2 is 1.88 bits per heavy atom. The third kappa shape index (κ3) is 8.64. The molecular weight excluding hydrogens is 536 g/mol. The molecule has 4 rings (SSSR count). The van der Waals surface area contributed by atoms with Crippen LogP contribution in [-0.2, 0) is 17.4 Å². The van der Waals surface area contributed by atoms with E-state index in [0.717, 1.165) is 67.5 Å². The minimum absolute atomic E-state index is 0.0940. The molecule has 222 valence electrons. The van der Waals surface area contributed by atoms with Crippen LogP contribution in [0.3, 0.4) is 0 Å². The van der Waals surface area contributed by atoms with Crippen LogP contribution in [0.2, 0.25) is 0 Å². The van der Waals surface area contributed by atoms with Gasteiger partial charge in [0.05, 0.1) is 18.2 Å². The Balaban J connectivity index is 1.29. The number of carboxylic acids is 1. The number of nitrogens with zero attached hydrogens (tertiary/aromatic N) is 2. The molecule has 41 heavy (non-hydrogen) atoms. The third-order valence-corrected chi connectivity index (χ3v) is 8.29. The molecule has 0 radical (unpaired) electrons. The van der Waals surface area contributed by atoms with E-state index >= 15 is 4.39 Å². The average Bonchev–Trinajstić information content (AvgIpc) is 2.96. The van der Waals surface area contributed by atoms with Crippen LogP contribution in [0.15, 0.2) is 54.7 Å². The molecule has 2 aromatic carbocycles. The SMILES string of the molecule is COc1ccc2nccc([C@H](F)CC[C@@H]3CCN(CCCCc4ccc(C(F)(F)F)cc4)C[C@H]3CCC(=O)O)c2c1. The molecule has 1 fully saturated rings. The van der Waals surface area contributed by atoms with Crippen LogP contribution in [0.4, 0.5) is 17.6 Å². The number of ether oxygens (including phenoxy) is 1. The van der Waals surface area contributed by atoms with E-state index in [-0.39, 0.29) is 18.3 Å². The number of halogens is 4. The smallest absolute Gasteiger partial charge is 0.416 e. The second-order valence-corrected chi connectivity index (χ2v) is 11.0. The monoisotopic (exact) mass is 574 g/mol. The van der Waals surface area contributed by atoms with E-state index in [0.29, 0.717) is 37.0 Å². The molecule has 3 aromatic rings. The van der Waals surface area contributed by atoms with Gasteiger partial charge in [0.2, 0.25) is 0 Å². The van der Waals surface area contributed by atoms with Crippen molar-refractivity contribution in [3.05, 3.63) is 71.4 Å². The van der Waals surface area contributed by atoms with Crippen LogP contribution in [0.5, 0.6) is 5.75 Å². The van der Waals surface area contributed by atoms with Gasteiger partial charge in [-0.25, -0.2) is 4.39 Å². The lowest BCUT2D eigenvalue weighted by molar-refractivity contribution is -0.138. The number of benzene rings is 2. The van der Waals surface area contributed by atoms with Crippen LogP contribution < -0.4 is 4.74 Å². The Morgan fingerprint density at radius 1 is 1.10 bits per heavy atom. The highest BCUT2D eigenvalue weighted by Crippen LogP contribution is 2.37. The summed E-state index contributed by atoms with van der Waals surface area (Å²) in [6.45, 7) is 2.51. The minimum Gasteiger partial charge on any atom is -0.497 e. The van der Waals surface area contributed by atoms with Crippen molar-refractivity contribution >= 4 is 16.9 Å². The van der Waals surface area contributed by atoms with E-state index in [9.17, 15) is 23.1 Å². The van der Waals surface area contributed by atoms with Crippen molar-refractivity contribution < 1.29 is 32.2 Å². The van der Waals surface area contributed by atoms with Gasteiger partial charge in [0.1, 0.15) is 11.9 Å². The number of carboxylic acid groups (broad SMARTS) is 1. The summed E-state index contributed by atoms with van der Waals surface area (Å²) in [7, 11) is 1.58. The second-order valence-electron chi connectivity index (χ2n) is 11.0. The van der Waals surface area contributed by atoms with Crippen LogP contribution in [0.1, 0.15) is 67.8 Å². The lowest BCUT2D eigenvalue weighted by Gasteiger charge is -2.39. The van der Waals surface area contributed by atoms with Gasteiger partial charge in [-0.1, -0.05) is 12.1 Å². The first kappa shape index (κ1) is 30.8. The lowest BCUT2D eigenvalue weighted by Crippen LogP contribution is -2.41. The summed E-state index contributed by atoms with van der Waals surface area (Å²) in [5, 5.41) is 10.0. The lowest BCUT2D eigenvalue weighted by atomic mass is 9.79. The van der Waals surface area contributed by atoms with Crippen LogP contribution >= 0.6 is 0 Å². The van der Waals surface area contributed by atoms with E-state index < -0.39 is 23.9 Å². The standard InChI is InChI=1S/C32H38F4N2O3/c1-41-26-11-13-30-28(20-26)27(15-17-37-30)29(33)12-7-23-16-19-38(21-24(23)8-14-31(39)40)18-3-2-4-22-5-9-25(10-6-22)32(34,35)36/h5-6,9-11,13,15,17,20,23-24,29H,2-4,7-8,12,14,16,18-19,21H2,1H3,(H,39,40)/t23-,24-,29-/m1/s1. The van der Waals surface area contributed by atoms with Crippen molar-refractivity contribution in [1.29, 1.82) is 0 Å². The number of aromatic nitrogens is 1. The van der Waals surface area contributed by atoms with Gasteiger partial charge in [-0.3, -0.25) is 9.78 Å². The fraction of sp³-hybridized carbons (Fsp3) is 0.500. The first-order valence-electron chi connectivity index (χ1n) is 14.3. The van der Waals surface area contributed by atoms with Gasteiger partial charge in [-0.2, -0.15) is 13.2 Å². The summed E-state index contributed by atoms with van der Waals surface area (Å²) in [6.07, 6.45) is 1.21. The first-order valence-corrected chi connectivity index (χ1v) is 14.3. The minimum atomic E-state index is -4.32. The maximum Gasteiger partial charge on any atom is 0.416 e. The summed E-state index contributed by atoms with van der Waals surface area (Å²) < 4.78 is 59.2. The predicted molar refractivity (Wildman–Crippen MR) is 151 cm³/mol. The molecule has 1 aliphatic heterocycles. The second kappa shape index (κ2) is 14.1. The summed E-state index contributed by atoms with van der Waals surface area (Å²) in [4.78, 5) is 18.0. The molecule has 3 atom stereocenters. The van der Waals surface area contributed by atoms with E-state index in [1.165, 1.54) is 0 Å². The van der Waals surface area contributed by atoms with Crippen molar-refractivity contribution in [1.82, 2.24) is 9.88 Å². The Hall–Kier alpha value is -3.20. The Labute approximate surface area is 238 Å². The number of unbranched alkanes of at least 4 members (excludes halogenated alkanes) is 1. The highest BCUT2D eigenvalue weighted by Gasteiger charge is 2.31. The molecule has 0 aliphatic carbocycles. The van der Waals surface area contributed by atoms with Gasteiger partial charge in [-0.15, -0.1) is 0 Å². The number of hydrogen-bond donors (Lipinski definition) is 1. The molecule has 0 unspecified atom stereocenters. The van der Waals surface area contributed by atoms with E-state index in [1.54, 1.807) is 31.5 Å². The number of pyridine rings is 1. The van der Waals surface area contributed by atoms with Crippen molar-refractivity contribution in [3.63, 3.8) is 0 Å². The zero-order valence-corrected chi connectivity index (χ0v) is 23.4. The number of fused-ring (bicyclic) bond motifs is 1. The van der Waals surface area contributed by atoms with E-state index in [2.05, 4.69) is 9.88 Å². The summed E-state index contributed by atoms with van der Waals surface area (Å²) in [5.41, 5.74) is 1.57. The highest BCUT2D eigenvalue weighted by molar-refractivity contribution is 5.83. The van der Waals surface area contributed by atoms with Crippen molar-refractivity contribution in [2.75, 3.05) is 26.7 Å². The van der Waals surface area contributed by atoms with E-state index in [1.807, 2.05) is 18.2 Å². The highest BCUT2D eigenvalue weighted by atomic mass is 19.4. The molecule has 1 N–H and O–H groups in total. The molecule has 1 aliphatic rings. The largest absolute Gasteiger partial charge is 0.497 e. The Morgan fingerprint density at radius 3 is 2.59 bits per heavy atom. The molecule has 1 aromatic heterocycles. The van der Waals surface area contributed by atoms with Gasteiger partial charge in [0.25, 0.3) is 0 Å². The van der Waals surface area contributed by atoms with Crippen LogP contribution in [0.25, 0.3) is 10.9 Å². The number of rotatable bonds is 13. The molecule has 2 heterocycles. The fourth-order valence-corrected chi connectivity index (χ4v) is 5.96.